The number of alkyl halides is 2. The van der Waals surface area contributed by atoms with Crippen molar-refractivity contribution in [2.24, 2.45) is 0 Å². The van der Waals surface area contributed by atoms with Crippen LogP contribution in [0.2, 0.25) is 0 Å². The first-order chi connectivity index (χ1) is 8.37. The molecule has 1 rings (SSSR count). The Morgan fingerprint density at radius 1 is 1.06 bits per heavy atom. The van der Waals surface area contributed by atoms with Gasteiger partial charge in [-0.3, -0.25) is 0 Å². The summed E-state index contributed by atoms with van der Waals surface area (Å²) in [5.41, 5.74) is -0.493. The van der Waals surface area contributed by atoms with Crippen molar-refractivity contribution in [1.82, 2.24) is 0 Å². The molecule has 102 valence electrons. The van der Waals surface area contributed by atoms with Crippen molar-refractivity contribution >= 4 is 0 Å². The molecule has 0 saturated heterocycles. The van der Waals surface area contributed by atoms with Gasteiger partial charge in [-0.1, -0.05) is 43.7 Å². The van der Waals surface area contributed by atoms with E-state index in [9.17, 15) is 13.9 Å². The molecule has 0 amide bonds. The molecule has 0 aliphatic heterocycles. The average Bonchev–Trinajstić information content (AvgIpc) is 2.36. The van der Waals surface area contributed by atoms with Crippen LogP contribution in [0, 0.1) is 0 Å². The van der Waals surface area contributed by atoms with Gasteiger partial charge in [0, 0.05) is 12.8 Å². The second-order valence-corrected chi connectivity index (χ2v) is 5.10. The maximum absolute atomic E-state index is 13.5. The number of hydrogen-bond donors (Lipinski definition) is 1. The van der Waals surface area contributed by atoms with E-state index in [2.05, 4.69) is 0 Å². The zero-order valence-corrected chi connectivity index (χ0v) is 11.1. The van der Waals surface area contributed by atoms with Crippen LogP contribution in [0.1, 0.15) is 51.5 Å². The van der Waals surface area contributed by atoms with Gasteiger partial charge in [0.1, 0.15) is 0 Å². The standard InChI is InChI=1S/C15H22F2O/c1-3-4-10-15(16,17)12-11-14(2,18)13-8-6-5-7-9-13/h5-9,18H,3-4,10-12H2,1-2H3. The minimum atomic E-state index is -2.67. The van der Waals surface area contributed by atoms with E-state index in [4.69, 9.17) is 0 Å². The Kier molecular flexibility index (Phi) is 5.27. The maximum atomic E-state index is 13.5. The predicted molar refractivity (Wildman–Crippen MR) is 69.7 cm³/mol. The van der Waals surface area contributed by atoms with Gasteiger partial charge in [-0.15, -0.1) is 0 Å². The number of halogens is 2. The zero-order valence-electron chi connectivity index (χ0n) is 11.1. The summed E-state index contributed by atoms with van der Waals surface area (Å²) in [5, 5.41) is 10.2. The maximum Gasteiger partial charge on any atom is 0.248 e. The normalized spacial score (nSPS) is 15.4. The van der Waals surface area contributed by atoms with E-state index < -0.39 is 11.5 Å². The molecule has 0 aliphatic carbocycles. The van der Waals surface area contributed by atoms with E-state index >= 15 is 0 Å². The molecule has 1 atom stereocenters. The van der Waals surface area contributed by atoms with Crippen LogP contribution < -0.4 is 0 Å². The van der Waals surface area contributed by atoms with Gasteiger partial charge in [-0.05, 0) is 25.3 Å². The number of benzene rings is 1. The third-order valence-electron chi connectivity index (χ3n) is 3.27. The van der Waals surface area contributed by atoms with Crippen molar-refractivity contribution in [2.45, 2.75) is 57.5 Å². The highest BCUT2D eigenvalue weighted by molar-refractivity contribution is 5.21. The lowest BCUT2D eigenvalue weighted by molar-refractivity contribution is -0.0483. The monoisotopic (exact) mass is 256 g/mol. The number of aliphatic hydroxyl groups is 1. The van der Waals surface area contributed by atoms with Crippen molar-refractivity contribution < 1.29 is 13.9 Å². The molecule has 0 spiro atoms. The predicted octanol–water partition coefficient (Wildman–Crippen LogP) is 4.50. The first kappa shape index (κ1) is 15.1. The smallest absolute Gasteiger partial charge is 0.248 e. The zero-order chi connectivity index (χ0) is 13.6. The van der Waals surface area contributed by atoms with E-state index in [1.54, 1.807) is 31.2 Å². The summed E-state index contributed by atoms with van der Waals surface area (Å²) < 4.78 is 27.1. The molecule has 1 aromatic carbocycles. The van der Waals surface area contributed by atoms with Gasteiger partial charge in [0.2, 0.25) is 5.92 Å². The molecule has 3 heteroatoms. The summed E-state index contributed by atoms with van der Waals surface area (Å²) in [7, 11) is 0. The summed E-state index contributed by atoms with van der Waals surface area (Å²) in [6, 6.07) is 8.99. The molecule has 0 fully saturated rings. The second kappa shape index (κ2) is 6.28. The molecule has 0 heterocycles. The van der Waals surface area contributed by atoms with Gasteiger partial charge >= 0.3 is 0 Å². The Morgan fingerprint density at radius 3 is 2.22 bits per heavy atom. The number of unbranched alkanes of at least 4 members (excludes halogenated alkanes) is 1. The lowest BCUT2D eigenvalue weighted by atomic mass is 9.89. The minimum absolute atomic E-state index is 0.0771. The Hall–Kier alpha value is -0.960. The first-order valence-corrected chi connectivity index (χ1v) is 6.53. The van der Waals surface area contributed by atoms with Crippen LogP contribution >= 0.6 is 0 Å². The van der Waals surface area contributed by atoms with Crippen LogP contribution in [0.5, 0.6) is 0 Å². The van der Waals surface area contributed by atoms with Gasteiger partial charge in [0.25, 0.3) is 0 Å². The van der Waals surface area contributed by atoms with E-state index in [-0.39, 0.29) is 19.3 Å². The Morgan fingerprint density at radius 2 is 1.67 bits per heavy atom. The molecular weight excluding hydrogens is 234 g/mol. The summed E-state index contributed by atoms with van der Waals surface area (Å²) in [6.07, 6.45) is 1.02. The van der Waals surface area contributed by atoms with Crippen LogP contribution in [0.25, 0.3) is 0 Å². The quantitative estimate of drug-likeness (QED) is 0.761. The molecule has 0 aliphatic rings. The summed E-state index contributed by atoms with van der Waals surface area (Å²) in [6.45, 7) is 3.49. The van der Waals surface area contributed by atoms with E-state index in [1.807, 2.05) is 13.0 Å². The first-order valence-electron chi connectivity index (χ1n) is 6.53. The van der Waals surface area contributed by atoms with E-state index in [1.165, 1.54) is 0 Å². The van der Waals surface area contributed by atoms with Gasteiger partial charge in [0.15, 0.2) is 0 Å². The molecule has 0 saturated carbocycles. The van der Waals surface area contributed by atoms with E-state index in [0.29, 0.717) is 12.0 Å². The second-order valence-electron chi connectivity index (χ2n) is 5.10. The summed E-state index contributed by atoms with van der Waals surface area (Å²) in [4.78, 5) is 0. The summed E-state index contributed by atoms with van der Waals surface area (Å²) >= 11 is 0. The van der Waals surface area contributed by atoms with Crippen LogP contribution in [-0.2, 0) is 5.60 Å². The fourth-order valence-corrected chi connectivity index (χ4v) is 1.93. The highest BCUT2D eigenvalue weighted by Crippen LogP contribution is 2.33. The van der Waals surface area contributed by atoms with Crippen molar-refractivity contribution in [3.8, 4) is 0 Å². The SMILES string of the molecule is CCCCC(F)(F)CCC(C)(O)c1ccccc1. The van der Waals surface area contributed by atoms with Crippen molar-refractivity contribution in [2.75, 3.05) is 0 Å². The van der Waals surface area contributed by atoms with E-state index in [0.717, 1.165) is 6.42 Å². The van der Waals surface area contributed by atoms with Crippen molar-refractivity contribution in [3.63, 3.8) is 0 Å². The topological polar surface area (TPSA) is 20.2 Å². The van der Waals surface area contributed by atoms with Crippen LogP contribution in [0.3, 0.4) is 0 Å². The van der Waals surface area contributed by atoms with Crippen LogP contribution in [0.4, 0.5) is 8.78 Å². The third kappa shape index (κ3) is 4.73. The molecule has 1 aromatic rings. The lowest BCUT2D eigenvalue weighted by Crippen LogP contribution is -2.26. The Labute approximate surface area is 108 Å². The third-order valence-corrected chi connectivity index (χ3v) is 3.27. The highest BCUT2D eigenvalue weighted by Gasteiger charge is 2.32. The lowest BCUT2D eigenvalue weighted by Gasteiger charge is -2.26. The van der Waals surface area contributed by atoms with Crippen LogP contribution in [0.15, 0.2) is 30.3 Å². The van der Waals surface area contributed by atoms with Crippen molar-refractivity contribution in [3.05, 3.63) is 35.9 Å². The molecule has 1 unspecified atom stereocenters. The van der Waals surface area contributed by atoms with Crippen molar-refractivity contribution in [1.29, 1.82) is 0 Å². The molecule has 0 aromatic heterocycles. The molecule has 0 bridgehead atoms. The fourth-order valence-electron chi connectivity index (χ4n) is 1.93. The molecule has 18 heavy (non-hydrogen) atoms. The van der Waals surface area contributed by atoms with Gasteiger partial charge in [-0.25, -0.2) is 8.78 Å². The van der Waals surface area contributed by atoms with Crippen LogP contribution in [-0.4, -0.2) is 11.0 Å². The average molecular weight is 256 g/mol. The molecule has 1 N–H and O–H groups in total. The summed E-state index contributed by atoms with van der Waals surface area (Å²) in [5.74, 6) is -2.67. The van der Waals surface area contributed by atoms with Gasteiger partial charge in [0.05, 0.1) is 5.60 Å². The number of rotatable bonds is 7. The minimum Gasteiger partial charge on any atom is -0.385 e. The van der Waals surface area contributed by atoms with Gasteiger partial charge < -0.3 is 5.11 Å². The number of hydrogen-bond acceptors (Lipinski definition) is 1. The molecule has 0 radical (unpaired) electrons. The van der Waals surface area contributed by atoms with Gasteiger partial charge in [-0.2, -0.15) is 0 Å². The highest BCUT2D eigenvalue weighted by atomic mass is 19.3. The fraction of sp³-hybridized carbons (Fsp3) is 0.600. The molecular formula is C15H22F2O. The largest absolute Gasteiger partial charge is 0.385 e. The molecule has 1 nitrogen and oxygen atoms in total. The Bertz CT molecular complexity index is 347. The Balaban J connectivity index is 2.56.